The minimum absolute atomic E-state index is 0.216. The molecule has 5 rings (SSSR count). The van der Waals surface area contributed by atoms with Crippen molar-refractivity contribution in [1.29, 1.82) is 0 Å². The summed E-state index contributed by atoms with van der Waals surface area (Å²) < 4.78 is 29.6. The van der Waals surface area contributed by atoms with Crippen molar-refractivity contribution in [3.8, 4) is 11.3 Å². The molecule has 1 saturated carbocycles. The van der Waals surface area contributed by atoms with Gasteiger partial charge in [-0.3, -0.25) is 9.59 Å². The van der Waals surface area contributed by atoms with Crippen molar-refractivity contribution < 1.29 is 23.1 Å². The number of nitrogens with one attached hydrogen (secondary N) is 1. The van der Waals surface area contributed by atoms with Gasteiger partial charge < -0.3 is 9.67 Å². The van der Waals surface area contributed by atoms with Crippen molar-refractivity contribution in [2.45, 2.75) is 51.0 Å². The van der Waals surface area contributed by atoms with Gasteiger partial charge in [-0.05, 0) is 48.4 Å². The van der Waals surface area contributed by atoms with Crippen LogP contribution in [0.2, 0.25) is 0 Å². The Hall–Kier alpha value is -3.17. The van der Waals surface area contributed by atoms with Gasteiger partial charge in [-0.2, -0.15) is 12.7 Å². The summed E-state index contributed by atoms with van der Waals surface area (Å²) in [5.74, 6) is -1.84. The van der Waals surface area contributed by atoms with E-state index in [4.69, 9.17) is 0 Å². The summed E-state index contributed by atoms with van der Waals surface area (Å²) in [6.07, 6.45) is 6.09. The quantitative estimate of drug-likeness (QED) is 0.537. The summed E-state index contributed by atoms with van der Waals surface area (Å²) >= 11 is 0. The Bertz CT molecular complexity index is 1450. The van der Waals surface area contributed by atoms with E-state index in [1.165, 1.54) is 26.1 Å². The number of hydrogen-bond donors (Lipinski definition) is 2. The predicted octanol–water partition coefficient (Wildman–Crippen LogP) is 4.15. The topological polar surface area (TPSA) is 109 Å². The zero-order chi connectivity index (χ0) is 25.6. The molecule has 1 aliphatic heterocycles. The number of carboxylic acids is 1. The number of nitrogens with zero attached hydrogens (tertiary/aromatic N) is 2. The number of aromatic nitrogens is 1. The maximum absolute atomic E-state index is 12.9. The number of carbonyl (C=O) groups is 2. The van der Waals surface area contributed by atoms with Gasteiger partial charge in [0.1, 0.15) is 0 Å². The molecule has 0 saturated heterocycles. The average molecular weight is 510 g/mol. The molecular weight excluding hydrogens is 478 g/mol. The van der Waals surface area contributed by atoms with Crippen LogP contribution in [0, 0.1) is 5.92 Å². The van der Waals surface area contributed by atoms with Gasteiger partial charge in [0.15, 0.2) is 0 Å². The molecule has 0 radical (unpaired) electrons. The van der Waals surface area contributed by atoms with Crippen molar-refractivity contribution in [2.24, 2.45) is 5.92 Å². The fourth-order valence-electron chi connectivity index (χ4n) is 5.71. The highest BCUT2D eigenvalue weighted by Gasteiger charge is 2.33. The highest BCUT2D eigenvalue weighted by Crippen LogP contribution is 2.46. The van der Waals surface area contributed by atoms with E-state index in [1.54, 1.807) is 12.1 Å². The molecule has 0 spiro atoms. The molecule has 190 valence electrons. The molecule has 3 aromatic rings. The molecule has 9 heteroatoms. The van der Waals surface area contributed by atoms with E-state index in [-0.39, 0.29) is 12.1 Å². The molecule has 1 aromatic heterocycles. The third kappa shape index (κ3) is 4.30. The Morgan fingerprint density at radius 1 is 1.06 bits per heavy atom. The molecule has 0 bridgehead atoms. The third-order valence-corrected chi connectivity index (χ3v) is 8.98. The van der Waals surface area contributed by atoms with Gasteiger partial charge in [-0.25, -0.2) is 4.72 Å². The Labute approximate surface area is 211 Å². The van der Waals surface area contributed by atoms with Gasteiger partial charge in [0.25, 0.3) is 5.91 Å². The van der Waals surface area contributed by atoms with Crippen LogP contribution < -0.4 is 4.72 Å². The number of fused-ring (bicyclic) bond motifs is 5. The van der Waals surface area contributed by atoms with E-state index in [0.717, 1.165) is 57.7 Å². The Balaban J connectivity index is 1.74. The molecule has 1 fully saturated rings. The van der Waals surface area contributed by atoms with Gasteiger partial charge in [0, 0.05) is 42.7 Å². The summed E-state index contributed by atoms with van der Waals surface area (Å²) in [4.78, 5) is 25.1. The first-order valence-corrected chi connectivity index (χ1v) is 13.8. The van der Waals surface area contributed by atoms with Gasteiger partial charge in [0.2, 0.25) is 0 Å². The van der Waals surface area contributed by atoms with E-state index >= 15 is 0 Å². The number of carbonyl (C=O) groups excluding carboxylic acids is 1. The molecule has 2 aromatic carbocycles. The fraction of sp³-hybridized carbons (Fsp3) is 0.407. The zero-order valence-corrected chi connectivity index (χ0v) is 21.3. The first-order chi connectivity index (χ1) is 17.2. The first kappa shape index (κ1) is 24.5. The average Bonchev–Trinajstić information content (AvgIpc) is 3.06. The number of carboxylic acid groups (broad SMARTS) is 1. The number of hydrogen-bond acceptors (Lipinski definition) is 4. The Morgan fingerprint density at radius 3 is 2.47 bits per heavy atom. The zero-order valence-electron chi connectivity index (χ0n) is 20.5. The van der Waals surface area contributed by atoms with Crippen LogP contribution in [-0.4, -0.2) is 48.4 Å². The lowest BCUT2D eigenvalue weighted by Gasteiger charge is -2.24. The van der Waals surface area contributed by atoms with Crippen LogP contribution in [0.1, 0.15) is 59.5 Å². The van der Waals surface area contributed by atoms with E-state index < -0.39 is 28.0 Å². The lowest BCUT2D eigenvalue weighted by Crippen LogP contribution is -2.39. The SMILES string of the molecule is CN(C)S(=O)(=O)NC(=O)c1ccc2c(C3CCCCC3)c3n(c2c1)CC(C(=O)O)Cc1ccccc1-3. The standard InChI is InChI=1S/C27H31N3O5S/c1-29(2)36(34,35)28-26(31)19-12-13-22-23(15-19)30-16-20(27(32)33)14-18-10-6-7-11-21(18)25(30)24(22)17-8-4-3-5-9-17/h6-7,10-13,15,17,20H,3-5,8-9,14,16H2,1-2H3,(H,28,31)(H,32,33). The van der Waals surface area contributed by atoms with E-state index in [2.05, 4.69) is 15.4 Å². The van der Waals surface area contributed by atoms with Gasteiger partial charge in [-0.1, -0.05) is 49.6 Å². The van der Waals surface area contributed by atoms with Crippen molar-refractivity contribution in [1.82, 2.24) is 13.6 Å². The normalized spacial score (nSPS) is 18.5. The first-order valence-electron chi connectivity index (χ1n) is 12.4. The number of amides is 1. The molecule has 2 aliphatic rings. The second kappa shape index (κ2) is 9.37. The van der Waals surface area contributed by atoms with Crippen LogP contribution in [0.3, 0.4) is 0 Å². The van der Waals surface area contributed by atoms with Crippen LogP contribution in [0.5, 0.6) is 0 Å². The van der Waals surface area contributed by atoms with Crippen molar-refractivity contribution >= 4 is 33.0 Å². The summed E-state index contributed by atoms with van der Waals surface area (Å²) in [6.45, 7) is 0.281. The van der Waals surface area contributed by atoms with E-state index in [9.17, 15) is 23.1 Å². The van der Waals surface area contributed by atoms with Gasteiger partial charge >= 0.3 is 16.2 Å². The highest BCUT2D eigenvalue weighted by atomic mass is 32.2. The van der Waals surface area contributed by atoms with Crippen molar-refractivity contribution in [3.05, 3.63) is 59.2 Å². The van der Waals surface area contributed by atoms with Gasteiger partial charge in [-0.15, -0.1) is 0 Å². The summed E-state index contributed by atoms with van der Waals surface area (Å²) in [7, 11) is -1.24. The lowest BCUT2D eigenvalue weighted by molar-refractivity contribution is -0.142. The summed E-state index contributed by atoms with van der Waals surface area (Å²) in [5.41, 5.74) is 5.29. The van der Waals surface area contributed by atoms with Crippen LogP contribution in [-0.2, 0) is 28.0 Å². The van der Waals surface area contributed by atoms with Crippen LogP contribution in [0.4, 0.5) is 0 Å². The van der Waals surface area contributed by atoms with E-state index in [1.807, 2.05) is 24.3 Å². The molecule has 1 atom stereocenters. The second-order valence-corrected chi connectivity index (χ2v) is 11.9. The second-order valence-electron chi connectivity index (χ2n) is 10.1. The van der Waals surface area contributed by atoms with Crippen LogP contribution in [0.25, 0.3) is 22.2 Å². The molecule has 2 heterocycles. The molecule has 36 heavy (non-hydrogen) atoms. The molecule has 1 amide bonds. The number of benzene rings is 2. The van der Waals surface area contributed by atoms with Crippen molar-refractivity contribution in [3.63, 3.8) is 0 Å². The van der Waals surface area contributed by atoms with Crippen LogP contribution >= 0.6 is 0 Å². The molecule has 1 unspecified atom stereocenters. The smallest absolute Gasteiger partial charge is 0.308 e. The van der Waals surface area contributed by atoms with Crippen molar-refractivity contribution in [2.75, 3.05) is 14.1 Å². The summed E-state index contributed by atoms with van der Waals surface area (Å²) in [6, 6.07) is 13.3. The van der Waals surface area contributed by atoms with Crippen LogP contribution in [0.15, 0.2) is 42.5 Å². The highest BCUT2D eigenvalue weighted by molar-refractivity contribution is 7.87. The Kier molecular flexibility index (Phi) is 6.38. The Morgan fingerprint density at radius 2 is 1.78 bits per heavy atom. The molecule has 1 aliphatic carbocycles. The largest absolute Gasteiger partial charge is 0.481 e. The minimum atomic E-state index is -3.94. The number of aliphatic carboxylic acids is 1. The van der Waals surface area contributed by atoms with Gasteiger partial charge in [0.05, 0.1) is 11.6 Å². The lowest BCUT2D eigenvalue weighted by atomic mass is 9.81. The summed E-state index contributed by atoms with van der Waals surface area (Å²) in [5, 5.41) is 11.0. The third-order valence-electron chi connectivity index (χ3n) is 7.57. The maximum atomic E-state index is 12.9. The maximum Gasteiger partial charge on any atom is 0.308 e. The van der Waals surface area contributed by atoms with E-state index in [0.29, 0.717) is 12.3 Å². The fourth-order valence-corrected chi connectivity index (χ4v) is 6.25. The molecule has 8 nitrogen and oxygen atoms in total. The minimum Gasteiger partial charge on any atom is -0.481 e. The monoisotopic (exact) mass is 509 g/mol. The number of rotatable bonds is 5. The molecular formula is C27H31N3O5S. The predicted molar refractivity (Wildman–Crippen MR) is 138 cm³/mol. The molecule has 2 N–H and O–H groups in total.